The minimum atomic E-state index is -1.13. The van der Waals surface area contributed by atoms with Crippen molar-refractivity contribution in [3.05, 3.63) is 46.5 Å². The van der Waals surface area contributed by atoms with E-state index in [2.05, 4.69) is 55.4 Å². The summed E-state index contributed by atoms with van der Waals surface area (Å²) in [6, 6.07) is 7.14. The number of hydrogen-bond acceptors (Lipinski definition) is 6. The van der Waals surface area contributed by atoms with E-state index in [1.807, 2.05) is 0 Å². The number of ether oxygens (including phenoxy) is 2. The zero-order valence-corrected chi connectivity index (χ0v) is 32.9. The average molecular weight is 695 g/mol. The first-order chi connectivity index (χ1) is 23.8. The van der Waals surface area contributed by atoms with Crippen molar-refractivity contribution in [1.29, 1.82) is 0 Å². The zero-order valence-electron chi connectivity index (χ0n) is 32.9. The SMILES string of the molecule is CCCCCc1cc(O)c(CC[C@H](C)CCCC(C)C)c(OC(=O)C(=O)Oc2cc(CCCCC)cc(O)c2CC[C@@H](C)CCCC(C)C)c1. The van der Waals surface area contributed by atoms with E-state index in [0.717, 1.165) is 101 Å². The maximum absolute atomic E-state index is 13.4. The van der Waals surface area contributed by atoms with Crippen LogP contribution in [0.15, 0.2) is 24.3 Å². The predicted molar refractivity (Wildman–Crippen MR) is 206 cm³/mol. The summed E-state index contributed by atoms with van der Waals surface area (Å²) in [6.07, 6.45) is 17.3. The Hall–Kier alpha value is -3.02. The monoisotopic (exact) mass is 695 g/mol. The Kier molecular flexibility index (Phi) is 20.2. The topological polar surface area (TPSA) is 93.1 Å². The number of hydrogen-bond donors (Lipinski definition) is 2. The molecule has 2 aromatic carbocycles. The highest BCUT2D eigenvalue weighted by Gasteiger charge is 2.25. The maximum Gasteiger partial charge on any atom is 0.423 e. The van der Waals surface area contributed by atoms with Gasteiger partial charge in [-0.05, 0) is 110 Å². The number of aryl methyl sites for hydroxylation is 2. The van der Waals surface area contributed by atoms with E-state index in [-0.39, 0.29) is 23.0 Å². The summed E-state index contributed by atoms with van der Waals surface area (Å²) >= 11 is 0. The molecular formula is C44H70O6. The highest BCUT2D eigenvalue weighted by atomic mass is 16.6. The van der Waals surface area contributed by atoms with E-state index in [0.29, 0.717) is 47.6 Å². The summed E-state index contributed by atoms with van der Waals surface area (Å²) in [4.78, 5) is 26.8. The largest absolute Gasteiger partial charge is 0.508 e. The van der Waals surface area contributed by atoms with Crippen LogP contribution >= 0.6 is 0 Å². The van der Waals surface area contributed by atoms with Gasteiger partial charge in [-0.15, -0.1) is 0 Å². The molecular weight excluding hydrogens is 624 g/mol. The van der Waals surface area contributed by atoms with Crippen LogP contribution in [0.2, 0.25) is 0 Å². The van der Waals surface area contributed by atoms with Gasteiger partial charge in [0, 0.05) is 11.1 Å². The Morgan fingerprint density at radius 3 is 1.24 bits per heavy atom. The Morgan fingerprint density at radius 2 is 0.900 bits per heavy atom. The van der Waals surface area contributed by atoms with Gasteiger partial charge in [-0.2, -0.15) is 0 Å². The van der Waals surface area contributed by atoms with Gasteiger partial charge < -0.3 is 19.7 Å². The van der Waals surface area contributed by atoms with Crippen molar-refractivity contribution in [3.8, 4) is 23.0 Å². The van der Waals surface area contributed by atoms with Gasteiger partial charge in [-0.3, -0.25) is 0 Å². The Bertz CT molecular complexity index is 1200. The highest BCUT2D eigenvalue weighted by molar-refractivity contribution is 6.31. The van der Waals surface area contributed by atoms with Gasteiger partial charge in [-0.1, -0.05) is 120 Å². The third-order valence-electron chi connectivity index (χ3n) is 9.93. The van der Waals surface area contributed by atoms with E-state index in [4.69, 9.17) is 9.47 Å². The lowest BCUT2D eigenvalue weighted by Crippen LogP contribution is -2.26. The average Bonchev–Trinajstić information content (AvgIpc) is 3.03. The lowest BCUT2D eigenvalue weighted by Gasteiger charge is -2.18. The van der Waals surface area contributed by atoms with Crippen molar-refractivity contribution in [2.24, 2.45) is 23.7 Å². The van der Waals surface area contributed by atoms with Crippen molar-refractivity contribution < 1.29 is 29.3 Å². The van der Waals surface area contributed by atoms with Crippen LogP contribution in [0.4, 0.5) is 0 Å². The van der Waals surface area contributed by atoms with Gasteiger partial charge >= 0.3 is 11.9 Å². The molecule has 2 N–H and O–H groups in total. The summed E-state index contributed by atoms with van der Waals surface area (Å²) < 4.78 is 11.5. The number of esters is 2. The molecule has 0 saturated carbocycles. The van der Waals surface area contributed by atoms with Crippen molar-refractivity contribution in [1.82, 2.24) is 0 Å². The van der Waals surface area contributed by atoms with Crippen LogP contribution in [0.3, 0.4) is 0 Å². The minimum Gasteiger partial charge on any atom is -0.508 e. The summed E-state index contributed by atoms with van der Waals surface area (Å²) in [7, 11) is 0. The van der Waals surface area contributed by atoms with Crippen LogP contribution in [-0.4, -0.2) is 22.2 Å². The van der Waals surface area contributed by atoms with Gasteiger partial charge in [0.05, 0.1) is 0 Å². The molecule has 6 heteroatoms. The van der Waals surface area contributed by atoms with E-state index >= 15 is 0 Å². The molecule has 0 unspecified atom stereocenters. The number of unbranched alkanes of at least 4 members (excludes halogenated alkanes) is 4. The van der Waals surface area contributed by atoms with Crippen LogP contribution in [0, 0.1) is 23.7 Å². The van der Waals surface area contributed by atoms with Crippen LogP contribution in [0.1, 0.15) is 168 Å². The van der Waals surface area contributed by atoms with Gasteiger partial charge in [0.25, 0.3) is 0 Å². The first kappa shape index (κ1) is 43.1. The molecule has 0 radical (unpaired) electrons. The van der Waals surface area contributed by atoms with E-state index in [1.165, 1.54) is 12.8 Å². The van der Waals surface area contributed by atoms with E-state index in [9.17, 15) is 19.8 Å². The fourth-order valence-electron chi connectivity index (χ4n) is 6.61. The quantitative estimate of drug-likeness (QED) is 0.0492. The van der Waals surface area contributed by atoms with E-state index in [1.54, 1.807) is 24.3 Å². The first-order valence-electron chi connectivity index (χ1n) is 20.0. The molecule has 0 aromatic heterocycles. The number of phenolic OH excluding ortho intramolecular Hbond substituents is 2. The lowest BCUT2D eigenvalue weighted by molar-refractivity contribution is -0.156. The van der Waals surface area contributed by atoms with Crippen molar-refractivity contribution in [3.63, 3.8) is 0 Å². The van der Waals surface area contributed by atoms with Crippen LogP contribution in [0.5, 0.6) is 23.0 Å². The first-order valence-corrected chi connectivity index (χ1v) is 20.0. The van der Waals surface area contributed by atoms with Gasteiger partial charge in [-0.25, -0.2) is 9.59 Å². The highest BCUT2D eigenvalue weighted by Crippen LogP contribution is 2.35. The van der Waals surface area contributed by atoms with E-state index < -0.39 is 11.9 Å². The Balaban J connectivity index is 2.29. The second kappa shape index (κ2) is 23.5. The molecule has 0 aliphatic rings. The molecule has 0 aliphatic carbocycles. The smallest absolute Gasteiger partial charge is 0.423 e. The standard InChI is InChI=1S/C44H70O6/c1-9-11-13-21-35-27-39(45)37(25-23-33(7)19-15-17-31(3)4)41(29-35)49-43(47)44(48)50-42-30-36(22-14-12-10-2)28-40(46)38(42)26-24-34(8)20-16-18-32(5)6/h27-34,45-46H,9-26H2,1-8H3/t33-,34+. The lowest BCUT2D eigenvalue weighted by atomic mass is 9.93. The zero-order chi connectivity index (χ0) is 37.1. The number of carbonyl (C=O) groups excluding carboxylic acids is 2. The summed E-state index contributed by atoms with van der Waals surface area (Å²) in [6.45, 7) is 17.7. The number of phenols is 2. The fourth-order valence-corrected chi connectivity index (χ4v) is 6.61. The van der Waals surface area contributed by atoms with Crippen molar-refractivity contribution in [2.45, 2.75) is 171 Å². The van der Waals surface area contributed by atoms with Gasteiger partial charge in [0.15, 0.2) is 0 Å². The Morgan fingerprint density at radius 1 is 0.520 bits per heavy atom. The third-order valence-corrected chi connectivity index (χ3v) is 9.93. The molecule has 0 saturated heterocycles. The van der Waals surface area contributed by atoms with Crippen molar-refractivity contribution in [2.75, 3.05) is 0 Å². The molecule has 0 bridgehead atoms. The minimum absolute atomic E-state index is 0.0963. The molecule has 2 atom stereocenters. The number of carbonyl (C=O) groups is 2. The number of aromatic hydroxyl groups is 2. The normalized spacial score (nSPS) is 12.8. The second-order valence-electron chi connectivity index (χ2n) is 15.8. The summed E-state index contributed by atoms with van der Waals surface area (Å²) in [5.41, 5.74) is 2.83. The second-order valence-corrected chi connectivity index (χ2v) is 15.8. The molecule has 0 heterocycles. The number of rotatable bonds is 24. The number of benzene rings is 2. The van der Waals surface area contributed by atoms with Crippen LogP contribution in [0.25, 0.3) is 0 Å². The fraction of sp³-hybridized carbons (Fsp3) is 0.682. The molecule has 282 valence electrons. The summed E-state index contributed by atoms with van der Waals surface area (Å²) in [5, 5.41) is 22.2. The molecule has 0 fully saturated rings. The van der Waals surface area contributed by atoms with Crippen molar-refractivity contribution >= 4 is 11.9 Å². The third kappa shape index (κ3) is 16.3. The molecule has 0 spiro atoms. The Labute approximate surface area is 304 Å². The maximum atomic E-state index is 13.4. The van der Waals surface area contributed by atoms with Gasteiger partial charge in [0.1, 0.15) is 23.0 Å². The molecule has 6 nitrogen and oxygen atoms in total. The summed E-state index contributed by atoms with van der Waals surface area (Å²) in [5.74, 6) is 0.597. The van der Waals surface area contributed by atoms with Crippen LogP contribution in [-0.2, 0) is 35.3 Å². The molecule has 2 aromatic rings. The van der Waals surface area contributed by atoms with Gasteiger partial charge in [0.2, 0.25) is 0 Å². The molecule has 2 rings (SSSR count). The molecule has 0 aliphatic heterocycles. The predicted octanol–water partition coefficient (Wildman–Crippen LogP) is 11.9. The molecule has 0 amide bonds. The van der Waals surface area contributed by atoms with Crippen LogP contribution < -0.4 is 9.47 Å². The molecule has 50 heavy (non-hydrogen) atoms.